The van der Waals surface area contributed by atoms with Crippen LogP contribution < -0.4 is 5.32 Å². The number of Topliss-reactive ketones (excluding diaryl/α,β-unsaturated/α-hetero) is 1. The Bertz CT molecular complexity index is 992. The van der Waals surface area contributed by atoms with Crippen molar-refractivity contribution in [3.05, 3.63) is 59.4 Å². The summed E-state index contributed by atoms with van der Waals surface area (Å²) >= 11 is 1.48. The van der Waals surface area contributed by atoms with Crippen LogP contribution in [0.1, 0.15) is 42.1 Å². The summed E-state index contributed by atoms with van der Waals surface area (Å²) in [5, 5.41) is 13.6. The molecule has 1 aromatic heterocycles. The van der Waals surface area contributed by atoms with Crippen molar-refractivity contribution in [1.29, 1.82) is 5.26 Å². The second kappa shape index (κ2) is 7.63. The van der Waals surface area contributed by atoms with Gasteiger partial charge in [-0.05, 0) is 43.2 Å². The number of aromatic nitrogens is 1. The molecule has 3 rings (SSSR count). The molecule has 1 unspecified atom stereocenters. The third kappa shape index (κ3) is 3.58. The number of nitrogens with one attached hydrogen (secondary N) is 1. The van der Waals surface area contributed by atoms with Crippen molar-refractivity contribution in [2.75, 3.05) is 5.32 Å². The first-order valence-corrected chi connectivity index (χ1v) is 9.20. The van der Waals surface area contributed by atoms with E-state index < -0.39 is 17.5 Å². The first kappa shape index (κ1) is 18.0. The molecular formula is C20H18FN3OS. The van der Waals surface area contributed by atoms with Crippen LogP contribution in [0.5, 0.6) is 0 Å². The SMILES string of the molecule is CC[C@@H](C)Nc1nc2ccc(C(C#N)C(=O)c3ccccc3F)cc2s1. The predicted octanol–water partition coefficient (Wildman–Crippen LogP) is 5.14. The summed E-state index contributed by atoms with van der Waals surface area (Å²) in [5.41, 5.74) is 1.29. The molecule has 2 atom stereocenters. The maximum Gasteiger partial charge on any atom is 0.187 e. The maximum atomic E-state index is 13.9. The Morgan fingerprint density at radius 2 is 2.12 bits per heavy atom. The zero-order chi connectivity index (χ0) is 18.7. The van der Waals surface area contributed by atoms with Gasteiger partial charge >= 0.3 is 0 Å². The van der Waals surface area contributed by atoms with Gasteiger partial charge in [0.2, 0.25) is 0 Å². The van der Waals surface area contributed by atoms with Gasteiger partial charge in [0.1, 0.15) is 11.7 Å². The molecule has 0 aliphatic heterocycles. The highest BCUT2D eigenvalue weighted by Gasteiger charge is 2.24. The highest BCUT2D eigenvalue weighted by atomic mass is 32.1. The van der Waals surface area contributed by atoms with E-state index in [4.69, 9.17) is 0 Å². The average molecular weight is 367 g/mol. The van der Waals surface area contributed by atoms with E-state index in [1.54, 1.807) is 24.3 Å². The number of anilines is 1. The fourth-order valence-corrected chi connectivity index (χ4v) is 3.62. The van der Waals surface area contributed by atoms with Gasteiger partial charge in [-0.15, -0.1) is 0 Å². The summed E-state index contributed by atoms with van der Waals surface area (Å²) in [5.74, 6) is -2.20. The zero-order valence-electron chi connectivity index (χ0n) is 14.5. The molecule has 0 fully saturated rings. The number of nitriles is 1. The Morgan fingerprint density at radius 3 is 2.81 bits per heavy atom. The van der Waals surface area contributed by atoms with Gasteiger partial charge in [-0.1, -0.05) is 36.5 Å². The highest BCUT2D eigenvalue weighted by molar-refractivity contribution is 7.22. The number of hydrogen-bond donors (Lipinski definition) is 1. The van der Waals surface area contributed by atoms with Gasteiger partial charge in [0.25, 0.3) is 0 Å². The van der Waals surface area contributed by atoms with Crippen LogP contribution in [0.4, 0.5) is 9.52 Å². The third-order valence-corrected chi connectivity index (χ3v) is 5.21. The minimum Gasteiger partial charge on any atom is -0.359 e. The Morgan fingerprint density at radius 1 is 1.35 bits per heavy atom. The standard InChI is InChI=1S/C20H18FN3OS/c1-3-12(2)23-20-24-17-9-8-13(10-18(17)26-20)15(11-22)19(25)14-6-4-5-7-16(14)21/h4-10,12,15H,3H2,1-2H3,(H,23,24)/t12-,15?/m1/s1. The van der Waals surface area contributed by atoms with Crippen molar-refractivity contribution < 1.29 is 9.18 Å². The number of rotatable bonds is 6. The van der Waals surface area contributed by atoms with Crippen molar-refractivity contribution in [1.82, 2.24) is 4.98 Å². The lowest BCUT2D eigenvalue weighted by atomic mass is 9.91. The highest BCUT2D eigenvalue weighted by Crippen LogP contribution is 2.31. The molecular weight excluding hydrogens is 349 g/mol. The molecule has 0 aliphatic rings. The Labute approximate surface area is 155 Å². The molecule has 0 radical (unpaired) electrons. The molecule has 6 heteroatoms. The van der Waals surface area contributed by atoms with E-state index in [-0.39, 0.29) is 5.56 Å². The number of carbonyl (C=O) groups excluding carboxylic acids is 1. The van der Waals surface area contributed by atoms with Crippen LogP contribution in [0, 0.1) is 17.1 Å². The van der Waals surface area contributed by atoms with Crippen molar-refractivity contribution >= 4 is 32.5 Å². The van der Waals surface area contributed by atoms with E-state index in [1.807, 2.05) is 6.07 Å². The summed E-state index contributed by atoms with van der Waals surface area (Å²) in [6.45, 7) is 4.17. The zero-order valence-corrected chi connectivity index (χ0v) is 15.3. The van der Waals surface area contributed by atoms with E-state index in [9.17, 15) is 14.4 Å². The largest absolute Gasteiger partial charge is 0.359 e. The van der Waals surface area contributed by atoms with Crippen molar-refractivity contribution in [3.8, 4) is 6.07 Å². The van der Waals surface area contributed by atoms with E-state index in [0.717, 1.165) is 21.8 Å². The monoisotopic (exact) mass is 367 g/mol. The quantitative estimate of drug-likeness (QED) is 0.613. The molecule has 1 heterocycles. The van der Waals surface area contributed by atoms with Crippen molar-refractivity contribution in [3.63, 3.8) is 0 Å². The van der Waals surface area contributed by atoms with Gasteiger partial charge in [0, 0.05) is 6.04 Å². The normalized spacial score (nSPS) is 13.2. The van der Waals surface area contributed by atoms with E-state index in [2.05, 4.69) is 24.1 Å². The van der Waals surface area contributed by atoms with E-state index >= 15 is 0 Å². The van der Waals surface area contributed by atoms with Crippen LogP contribution in [0.3, 0.4) is 0 Å². The number of benzene rings is 2. The molecule has 2 aromatic carbocycles. The molecule has 0 bridgehead atoms. The van der Waals surface area contributed by atoms with Crippen LogP contribution in [-0.4, -0.2) is 16.8 Å². The number of thiazole rings is 1. The van der Waals surface area contributed by atoms with Crippen LogP contribution in [0.2, 0.25) is 0 Å². The van der Waals surface area contributed by atoms with Gasteiger partial charge in [-0.2, -0.15) is 5.26 Å². The molecule has 132 valence electrons. The lowest BCUT2D eigenvalue weighted by molar-refractivity contribution is 0.0975. The Balaban J connectivity index is 1.94. The topological polar surface area (TPSA) is 65.8 Å². The molecule has 0 amide bonds. The minimum atomic E-state index is -1.05. The Hall–Kier alpha value is -2.78. The fraction of sp³-hybridized carbons (Fsp3) is 0.250. The number of halogens is 1. The second-order valence-corrected chi connectivity index (χ2v) is 7.14. The molecule has 0 aliphatic carbocycles. The van der Waals surface area contributed by atoms with Gasteiger partial charge in [0.15, 0.2) is 10.9 Å². The lowest BCUT2D eigenvalue weighted by Gasteiger charge is -2.09. The fourth-order valence-electron chi connectivity index (χ4n) is 2.60. The van der Waals surface area contributed by atoms with Gasteiger partial charge in [0.05, 0.1) is 21.8 Å². The first-order valence-electron chi connectivity index (χ1n) is 8.38. The Kier molecular flexibility index (Phi) is 5.29. The minimum absolute atomic E-state index is 0.0671. The van der Waals surface area contributed by atoms with Crippen LogP contribution in [-0.2, 0) is 0 Å². The first-order chi connectivity index (χ1) is 12.5. The molecule has 26 heavy (non-hydrogen) atoms. The van der Waals surface area contributed by atoms with Crippen LogP contribution in [0.25, 0.3) is 10.2 Å². The summed E-state index contributed by atoms with van der Waals surface area (Å²) in [4.78, 5) is 17.2. The van der Waals surface area contributed by atoms with Crippen LogP contribution >= 0.6 is 11.3 Å². The van der Waals surface area contributed by atoms with Gasteiger partial charge < -0.3 is 5.32 Å². The predicted molar refractivity (Wildman–Crippen MR) is 102 cm³/mol. The van der Waals surface area contributed by atoms with Gasteiger partial charge in [-0.3, -0.25) is 4.79 Å². The number of hydrogen-bond acceptors (Lipinski definition) is 5. The van der Waals surface area contributed by atoms with Crippen LogP contribution in [0.15, 0.2) is 42.5 Å². The number of ketones is 1. The van der Waals surface area contributed by atoms with E-state index in [0.29, 0.717) is 11.6 Å². The molecule has 4 nitrogen and oxygen atoms in total. The molecule has 3 aromatic rings. The smallest absolute Gasteiger partial charge is 0.187 e. The van der Waals surface area contributed by atoms with Crippen molar-refractivity contribution in [2.24, 2.45) is 0 Å². The van der Waals surface area contributed by atoms with Crippen molar-refractivity contribution in [2.45, 2.75) is 32.2 Å². The number of carbonyl (C=O) groups is 1. The molecule has 0 saturated carbocycles. The summed E-state index contributed by atoms with van der Waals surface area (Å²) in [6.07, 6.45) is 0.981. The number of fused-ring (bicyclic) bond motifs is 1. The van der Waals surface area contributed by atoms with E-state index in [1.165, 1.54) is 29.5 Å². The summed E-state index contributed by atoms with van der Waals surface area (Å²) < 4.78 is 14.8. The third-order valence-electron chi connectivity index (χ3n) is 4.26. The maximum absolute atomic E-state index is 13.9. The molecule has 0 saturated heterocycles. The lowest BCUT2D eigenvalue weighted by Crippen LogP contribution is -2.12. The second-order valence-electron chi connectivity index (χ2n) is 6.11. The molecule has 1 N–H and O–H groups in total. The average Bonchev–Trinajstić information content (AvgIpc) is 3.04. The van der Waals surface area contributed by atoms with Gasteiger partial charge in [-0.25, -0.2) is 9.37 Å². The molecule has 0 spiro atoms. The number of nitrogens with zero attached hydrogens (tertiary/aromatic N) is 2. The summed E-state index contributed by atoms with van der Waals surface area (Å²) in [6, 6.07) is 13.3. The summed E-state index contributed by atoms with van der Waals surface area (Å²) in [7, 11) is 0.